The van der Waals surface area contributed by atoms with E-state index in [-0.39, 0.29) is 0 Å². The number of hydrogen-bond donors (Lipinski definition) is 1. The molecule has 0 radical (unpaired) electrons. The largest absolute Gasteiger partial charge is 0.493 e. The zero-order valence-electron chi connectivity index (χ0n) is 16.2. The van der Waals surface area contributed by atoms with Gasteiger partial charge in [0, 0.05) is 21.7 Å². The Morgan fingerprint density at radius 1 is 0.964 bits per heavy atom. The van der Waals surface area contributed by atoms with Gasteiger partial charge in [0.1, 0.15) is 6.61 Å². The summed E-state index contributed by atoms with van der Waals surface area (Å²) in [5.41, 5.74) is 5.74. The third-order valence-corrected chi connectivity index (χ3v) is 5.58. The Bertz CT molecular complexity index is 975. The summed E-state index contributed by atoms with van der Waals surface area (Å²) in [5, 5.41) is 4.16. The highest BCUT2D eigenvalue weighted by Crippen LogP contribution is 2.34. The number of halogens is 2. The average molecular weight is 461 g/mol. The smallest absolute Gasteiger partial charge is 0.162 e. The van der Waals surface area contributed by atoms with E-state index >= 15 is 0 Å². The van der Waals surface area contributed by atoms with E-state index in [4.69, 9.17) is 21.1 Å². The van der Waals surface area contributed by atoms with Crippen molar-refractivity contribution in [1.29, 1.82) is 0 Å². The number of methoxy groups -OCH3 is 1. The second kappa shape index (κ2) is 9.35. The van der Waals surface area contributed by atoms with Gasteiger partial charge in [-0.05, 0) is 72.5 Å². The topological polar surface area (TPSA) is 30.5 Å². The fourth-order valence-corrected chi connectivity index (χ4v) is 3.50. The molecule has 5 heteroatoms. The molecule has 0 unspecified atom stereocenters. The summed E-state index contributed by atoms with van der Waals surface area (Å²) in [4.78, 5) is 0. The van der Waals surface area contributed by atoms with Crippen molar-refractivity contribution in [2.45, 2.75) is 27.0 Å². The van der Waals surface area contributed by atoms with Crippen LogP contribution in [-0.2, 0) is 13.2 Å². The average Bonchev–Trinajstić information content (AvgIpc) is 2.68. The van der Waals surface area contributed by atoms with Crippen LogP contribution >= 0.6 is 27.5 Å². The first-order valence-electron chi connectivity index (χ1n) is 9.01. The molecule has 0 bridgehead atoms. The minimum absolute atomic E-state index is 0.420. The van der Waals surface area contributed by atoms with Crippen LogP contribution in [0.15, 0.2) is 59.1 Å². The van der Waals surface area contributed by atoms with Gasteiger partial charge < -0.3 is 14.8 Å². The Morgan fingerprint density at radius 2 is 1.79 bits per heavy atom. The molecule has 0 aromatic heterocycles. The van der Waals surface area contributed by atoms with Gasteiger partial charge in [0.2, 0.25) is 0 Å². The van der Waals surface area contributed by atoms with Crippen molar-refractivity contribution in [3.05, 3.63) is 86.3 Å². The van der Waals surface area contributed by atoms with E-state index < -0.39 is 0 Å². The van der Waals surface area contributed by atoms with Crippen LogP contribution < -0.4 is 14.8 Å². The predicted octanol–water partition coefficient (Wildman–Crippen LogP) is 6.92. The second-order valence-electron chi connectivity index (χ2n) is 6.67. The maximum atomic E-state index is 6.04. The Kier molecular flexibility index (Phi) is 6.87. The molecule has 0 saturated heterocycles. The van der Waals surface area contributed by atoms with E-state index in [0.29, 0.717) is 29.7 Å². The van der Waals surface area contributed by atoms with E-state index in [9.17, 15) is 0 Å². The van der Waals surface area contributed by atoms with Crippen molar-refractivity contribution in [3.8, 4) is 11.5 Å². The lowest BCUT2D eigenvalue weighted by atomic mass is 10.1. The first-order chi connectivity index (χ1) is 13.5. The minimum atomic E-state index is 0.420. The van der Waals surface area contributed by atoms with E-state index in [1.807, 2.05) is 36.4 Å². The van der Waals surface area contributed by atoms with Gasteiger partial charge in [-0.15, -0.1) is 0 Å². The maximum absolute atomic E-state index is 6.04. The standard InChI is InChI=1S/C23H23BrClNO2/c1-15-7-8-20(9-16(15)2)26-13-18-11-22(27-3)23(12-21(18)24)28-14-17-5-4-6-19(25)10-17/h4-12,26H,13-14H2,1-3H3. The number of hydrogen-bond acceptors (Lipinski definition) is 3. The van der Waals surface area contributed by atoms with Crippen LogP contribution in [0.3, 0.4) is 0 Å². The number of rotatable bonds is 7. The predicted molar refractivity (Wildman–Crippen MR) is 120 cm³/mol. The van der Waals surface area contributed by atoms with E-state index in [0.717, 1.165) is 21.3 Å². The Labute approximate surface area is 179 Å². The molecule has 0 fully saturated rings. The molecule has 1 N–H and O–H groups in total. The molecular formula is C23H23BrClNO2. The molecule has 0 atom stereocenters. The molecule has 0 saturated carbocycles. The molecule has 0 aliphatic carbocycles. The Morgan fingerprint density at radius 3 is 2.50 bits per heavy atom. The molecule has 0 heterocycles. The highest BCUT2D eigenvalue weighted by molar-refractivity contribution is 9.10. The van der Waals surface area contributed by atoms with Gasteiger partial charge in [0.15, 0.2) is 11.5 Å². The molecule has 0 spiro atoms. The molecule has 146 valence electrons. The third kappa shape index (κ3) is 5.21. The van der Waals surface area contributed by atoms with Gasteiger partial charge in [0.05, 0.1) is 7.11 Å². The number of nitrogens with one attached hydrogen (secondary N) is 1. The SMILES string of the molecule is COc1cc(CNc2ccc(C)c(C)c2)c(Br)cc1OCc1cccc(Cl)c1. The molecule has 3 rings (SSSR count). The normalized spacial score (nSPS) is 10.6. The van der Waals surface area contributed by atoms with Crippen LogP contribution in [-0.4, -0.2) is 7.11 Å². The summed E-state index contributed by atoms with van der Waals surface area (Å²) in [6.45, 7) is 5.33. The quantitative estimate of drug-likeness (QED) is 0.415. The van der Waals surface area contributed by atoms with Gasteiger partial charge in [0.25, 0.3) is 0 Å². The second-order valence-corrected chi connectivity index (χ2v) is 7.96. The van der Waals surface area contributed by atoms with E-state index in [2.05, 4.69) is 53.3 Å². The highest BCUT2D eigenvalue weighted by atomic mass is 79.9. The van der Waals surface area contributed by atoms with Crippen molar-refractivity contribution in [3.63, 3.8) is 0 Å². The lowest BCUT2D eigenvalue weighted by Crippen LogP contribution is -2.03. The van der Waals surface area contributed by atoms with Crippen LogP contribution in [0.4, 0.5) is 5.69 Å². The first-order valence-corrected chi connectivity index (χ1v) is 10.2. The summed E-state index contributed by atoms with van der Waals surface area (Å²) < 4.78 is 12.5. The summed E-state index contributed by atoms with van der Waals surface area (Å²) in [5.74, 6) is 1.38. The van der Waals surface area contributed by atoms with Gasteiger partial charge in [-0.3, -0.25) is 0 Å². The zero-order valence-corrected chi connectivity index (χ0v) is 18.5. The van der Waals surface area contributed by atoms with Gasteiger partial charge >= 0.3 is 0 Å². The molecule has 0 amide bonds. The van der Waals surface area contributed by atoms with Crippen molar-refractivity contribution < 1.29 is 9.47 Å². The fourth-order valence-electron chi connectivity index (χ4n) is 2.82. The van der Waals surface area contributed by atoms with Crippen LogP contribution in [0, 0.1) is 13.8 Å². The minimum Gasteiger partial charge on any atom is -0.493 e. The molecule has 0 aliphatic heterocycles. The summed E-state index contributed by atoms with van der Waals surface area (Å²) >= 11 is 9.69. The van der Waals surface area contributed by atoms with E-state index in [1.54, 1.807) is 7.11 Å². The molecule has 28 heavy (non-hydrogen) atoms. The lowest BCUT2D eigenvalue weighted by molar-refractivity contribution is 0.284. The van der Waals surface area contributed by atoms with E-state index in [1.165, 1.54) is 11.1 Å². The third-order valence-electron chi connectivity index (χ3n) is 4.61. The Balaban J connectivity index is 1.72. The molecule has 3 aromatic carbocycles. The molecule has 0 aliphatic rings. The molecule has 3 nitrogen and oxygen atoms in total. The maximum Gasteiger partial charge on any atom is 0.162 e. The fraction of sp³-hybridized carbons (Fsp3) is 0.217. The molecule has 3 aromatic rings. The van der Waals surface area contributed by atoms with Crippen molar-refractivity contribution in [2.75, 3.05) is 12.4 Å². The number of ether oxygens (including phenoxy) is 2. The Hall–Kier alpha value is -2.17. The van der Waals surface area contributed by atoms with Crippen LogP contribution in [0.2, 0.25) is 5.02 Å². The number of aryl methyl sites for hydroxylation is 2. The number of anilines is 1. The van der Waals surface area contributed by atoms with Gasteiger partial charge in [-0.25, -0.2) is 0 Å². The summed E-state index contributed by atoms with van der Waals surface area (Å²) in [6, 6.07) is 17.9. The van der Waals surface area contributed by atoms with Crippen molar-refractivity contribution in [2.24, 2.45) is 0 Å². The lowest BCUT2D eigenvalue weighted by Gasteiger charge is -2.15. The number of benzene rings is 3. The summed E-state index contributed by atoms with van der Waals surface area (Å²) in [7, 11) is 1.65. The van der Waals surface area contributed by atoms with Gasteiger partial charge in [-0.1, -0.05) is 45.7 Å². The first kappa shape index (κ1) is 20.6. The monoisotopic (exact) mass is 459 g/mol. The van der Waals surface area contributed by atoms with Crippen molar-refractivity contribution in [1.82, 2.24) is 0 Å². The van der Waals surface area contributed by atoms with Crippen LogP contribution in [0.1, 0.15) is 22.3 Å². The zero-order chi connectivity index (χ0) is 20.1. The van der Waals surface area contributed by atoms with Gasteiger partial charge in [-0.2, -0.15) is 0 Å². The highest BCUT2D eigenvalue weighted by Gasteiger charge is 2.11. The van der Waals surface area contributed by atoms with Crippen LogP contribution in [0.5, 0.6) is 11.5 Å². The molecular weight excluding hydrogens is 438 g/mol. The summed E-state index contributed by atoms with van der Waals surface area (Å²) in [6.07, 6.45) is 0. The van der Waals surface area contributed by atoms with Crippen molar-refractivity contribution >= 4 is 33.2 Å². The van der Waals surface area contributed by atoms with Crippen LogP contribution in [0.25, 0.3) is 0 Å².